The van der Waals surface area contributed by atoms with Crippen LogP contribution in [0, 0.1) is 17.1 Å². The summed E-state index contributed by atoms with van der Waals surface area (Å²) in [5.74, 6) is 0.109. The van der Waals surface area contributed by atoms with Crippen LogP contribution in [0.5, 0.6) is 5.75 Å². The molecule has 0 spiro atoms. The molecule has 0 bridgehead atoms. The number of hydrogen-bond acceptors (Lipinski definition) is 5. The first kappa shape index (κ1) is 26.9. The van der Waals surface area contributed by atoms with Crippen molar-refractivity contribution in [2.45, 2.75) is 11.5 Å². The molecule has 0 aliphatic heterocycles. The van der Waals surface area contributed by atoms with Crippen LogP contribution in [-0.2, 0) is 16.4 Å². The Labute approximate surface area is 236 Å². The summed E-state index contributed by atoms with van der Waals surface area (Å²) in [6, 6.07) is 30.1. The average molecular weight is 570 g/mol. The zero-order valence-electron chi connectivity index (χ0n) is 20.9. The van der Waals surface area contributed by atoms with E-state index in [4.69, 9.17) is 21.4 Å². The molecule has 0 atom stereocenters. The van der Waals surface area contributed by atoms with Crippen LogP contribution < -0.4 is 4.74 Å². The molecule has 0 radical (unpaired) electrons. The summed E-state index contributed by atoms with van der Waals surface area (Å²) in [5, 5.41) is 15.0. The fourth-order valence-electron chi connectivity index (χ4n) is 3.99. The van der Waals surface area contributed by atoms with Crippen LogP contribution in [0.2, 0.25) is 5.02 Å². The lowest BCUT2D eigenvalue weighted by molar-refractivity contribution is 0.300. The van der Waals surface area contributed by atoms with E-state index < -0.39 is 14.7 Å². The fourth-order valence-corrected chi connectivity index (χ4v) is 5.27. The molecular weight excluding hydrogens is 549 g/mol. The lowest BCUT2D eigenvalue weighted by atomic mass is 10.1. The minimum absolute atomic E-state index is 0.0270. The molecule has 9 heteroatoms. The summed E-state index contributed by atoms with van der Waals surface area (Å²) in [6.07, 6.45) is 2.96. The van der Waals surface area contributed by atoms with Crippen LogP contribution in [-0.4, -0.2) is 18.2 Å². The molecule has 1 heterocycles. The van der Waals surface area contributed by atoms with E-state index in [1.807, 2.05) is 36.4 Å². The molecule has 0 aliphatic carbocycles. The third kappa shape index (κ3) is 5.81. The van der Waals surface area contributed by atoms with Crippen molar-refractivity contribution in [3.63, 3.8) is 0 Å². The van der Waals surface area contributed by atoms with Gasteiger partial charge in [0.1, 0.15) is 34.8 Å². The predicted octanol–water partition coefficient (Wildman–Crippen LogP) is 7.25. The highest BCUT2D eigenvalue weighted by Gasteiger charge is 2.22. The van der Waals surface area contributed by atoms with E-state index in [1.54, 1.807) is 53.3 Å². The molecule has 5 rings (SSSR count). The van der Waals surface area contributed by atoms with Gasteiger partial charge in [0.15, 0.2) is 0 Å². The first-order chi connectivity index (χ1) is 19.3. The maximum atomic E-state index is 14.1. The van der Waals surface area contributed by atoms with E-state index in [-0.39, 0.29) is 17.3 Å². The lowest BCUT2D eigenvalue weighted by Gasteiger charge is -2.09. The zero-order valence-corrected chi connectivity index (χ0v) is 22.5. The van der Waals surface area contributed by atoms with E-state index in [1.165, 1.54) is 36.4 Å². The first-order valence-electron chi connectivity index (χ1n) is 12.1. The zero-order chi connectivity index (χ0) is 28.1. The van der Waals surface area contributed by atoms with Crippen LogP contribution in [0.1, 0.15) is 11.1 Å². The number of hydrogen-bond donors (Lipinski definition) is 0. The highest BCUT2D eigenvalue weighted by atomic mass is 35.5. The van der Waals surface area contributed by atoms with Gasteiger partial charge >= 0.3 is 0 Å². The van der Waals surface area contributed by atoms with Crippen molar-refractivity contribution < 1.29 is 17.5 Å². The molecule has 4 aromatic carbocycles. The average Bonchev–Trinajstić information content (AvgIpc) is 3.40. The van der Waals surface area contributed by atoms with Gasteiger partial charge in [-0.1, -0.05) is 60.1 Å². The monoisotopic (exact) mass is 569 g/mol. The van der Waals surface area contributed by atoms with Gasteiger partial charge < -0.3 is 4.74 Å². The number of halogens is 2. The third-order valence-corrected chi connectivity index (χ3v) is 7.97. The highest BCUT2D eigenvalue weighted by Crippen LogP contribution is 2.31. The van der Waals surface area contributed by atoms with Gasteiger partial charge in [-0.05, 0) is 60.7 Å². The minimum Gasteiger partial charge on any atom is -0.489 e. The molecule has 0 N–H and O–H groups in total. The molecule has 0 amide bonds. The second-order valence-electron chi connectivity index (χ2n) is 8.70. The molecule has 5 aromatic rings. The van der Waals surface area contributed by atoms with Gasteiger partial charge in [-0.3, -0.25) is 0 Å². The van der Waals surface area contributed by atoms with Gasteiger partial charge in [-0.25, -0.2) is 17.5 Å². The van der Waals surface area contributed by atoms with Crippen molar-refractivity contribution in [1.82, 2.24) is 9.78 Å². The Morgan fingerprint density at radius 1 is 0.975 bits per heavy atom. The molecule has 198 valence electrons. The Bertz CT molecular complexity index is 1850. The SMILES string of the molecule is N#CC(=Cc1cn(-c2ccccc2)nc1-c1cccc(OCc2ccccc2F)c1)S(=O)(=O)c1ccc(Cl)cc1. The van der Waals surface area contributed by atoms with E-state index in [2.05, 4.69) is 0 Å². The quantitative estimate of drug-likeness (QED) is 0.184. The van der Waals surface area contributed by atoms with Gasteiger partial charge in [0.2, 0.25) is 9.84 Å². The van der Waals surface area contributed by atoms with Crippen LogP contribution in [0.25, 0.3) is 23.0 Å². The number of nitrogens with zero attached hydrogens (tertiary/aromatic N) is 3. The van der Waals surface area contributed by atoms with Crippen molar-refractivity contribution in [3.05, 3.63) is 136 Å². The van der Waals surface area contributed by atoms with Crippen molar-refractivity contribution in [2.24, 2.45) is 0 Å². The maximum Gasteiger partial charge on any atom is 0.216 e. The van der Waals surface area contributed by atoms with E-state index in [0.717, 1.165) is 5.69 Å². The van der Waals surface area contributed by atoms with Gasteiger partial charge in [-0.15, -0.1) is 0 Å². The van der Waals surface area contributed by atoms with E-state index in [0.29, 0.717) is 33.2 Å². The number of sulfone groups is 1. The second kappa shape index (κ2) is 11.6. The van der Waals surface area contributed by atoms with Crippen LogP contribution in [0.15, 0.2) is 119 Å². The van der Waals surface area contributed by atoms with Gasteiger partial charge in [0.25, 0.3) is 0 Å². The summed E-state index contributed by atoms with van der Waals surface area (Å²) < 4.78 is 48.1. The molecule has 6 nitrogen and oxygen atoms in total. The van der Waals surface area contributed by atoms with Crippen molar-refractivity contribution in [1.29, 1.82) is 5.26 Å². The number of ether oxygens (including phenoxy) is 1. The van der Waals surface area contributed by atoms with E-state index >= 15 is 0 Å². The topological polar surface area (TPSA) is 85.0 Å². The van der Waals surface area contributed by atoms with E-state index in [9.17, 15) is 18.1 Å². The molecule has 40 heavy (non-hydrogen) atoms. The number of para-hydroxylation sites is 1. The Kier molecular flexibility index (Phi) is 7.78. The number of rotatable bonds is 8. The van der Waals surface area contributed by atoms with Gasteiger partial charge in [0.05, 0.1) is 10.6 Å². The van der Waals surface area contributed by atoms with Crippen LogP contribution >= 0.6 is 11.6 Å². The smallest absolute Gasteiger partial charge is 0.216 e. The summed E-state index contributed by atoms with van der Waals surface area (Å²) in [7, 11) is -4.13. The fraction of sp³-hybridized carbons (Fsp3) is 0.0323. The lowest BCUT2D eigenvalue weighted by Crippen LogP contribution is -2.03. The number of benzene rings is 4. The summed E-state index contributed by atoms with van der Waals surface area (Å²) in [5.41, 5.74) is 2.61. The molecule has 1 aromatic heterocycles. The van der Waals surface area contributed by atoms with Crippen molar-refractivity contribution in [3.8, 4) is 28.8 Å². The van der Waals surface area contributed by atoms with Crippen molar-refractivity contribution >= 4 is 27.5 Å². The van der Waals surface area contributed by atoms with Crippen LogP contribution in [0.4, 0.5) is 4.39 Å². The summed E-state index contributed by atoms with van der Waals surface area (Å²) in [6.45, 7) is 0.0270. The first-order valence-corrected chi connectivity index (χ1v) is 14.0. The third-order valence-electron chi connectivity index (χ3n) is 6.03. The number of allylic oxidation sites excluding steroid dienone is 1. The normalized spacial score (nSPS) is 11.7. The molecule has 0 saturated carbocycles. The molecule has 0 fully saturated rings. The minimum atomic E-state index is -4.13. The number of nitriles is 1. The predicted molar refractivity (Wildman–Crippen MR) is 152 cm³/mol. The molecule has 0 unspecified atom stereocenters. The Hall–Kier alpha value is -4.71. The maximum absolute atomic E-state index is 14.1. The Balaban J connectivity index is 1.57. The van der Waals surface area contributed by atoms with Gasteiger partial charge in [-0.2, -0.15) is 10.4 Å². The number of aromatic nitrogens is 2. The second-order valence-corrected chi connectivity index (χ2v) is 11.1. The molecule has 0 saturated heterocycles. The Morgan fingerprint density at radius 2 is 1.70 bits per heavy atom. The standard InChI is InChI=1S/C31H21ClFN3O3S/c32-25-13-15-28(16-14-25)40(37,38)29(19-34)18-24-20-36(26-9-2-1-3-10-26)35-31(24)22-8-6-11-27(17-22)39-21-23-7-4-5-12-30(23)33/h1-18,20H,21H2. The molecule has 0 aliphatic rings. The van der Waals surface area contributed by atoms with Gasteiger partial charge in [0, 0.05) is 27.9 Å². The Morgan fingerprint density at radius 3 is 2.42 bits per heavy atom. The summed E-state index contributed by atoms with van der Waals surface area (Å²) in [4.78, 5) is -0.499. The van der Waals surface area contributed by atoms with Crippen LogP contribution in [0.3, 0.4) is 0 Å². The highest BCUT2D eigenvalue weighted by molar-refractivity contribution is 7.95. The molecular formula is C31H21ClFN3O3S. The largest absolute Gasteiger partial charge is 0.489 e. The van der Waals surface area contributed by atoms with Crippen molar-refractivity contribution in [2.75, 3.05) is 0 Å². The summed E-state index contributed by atoms with van der Waals surface area (Å²) >= 11 is 5.92.